The van der Waals surface area contributed by atoms with Crippen molar-refractivity contribution in [3.63, 3.8) is 0 Å². The highest BCUT2D eigenvalue weighted by molar-refractivity contribution is 6.01. The normalized spacial score (nSPS) is 51.2. The monoisotopic (exact) mass is 522 g/mol. The van der Waals surface area contributed by atoms with Crippen LogP contribution in [0.15, 0.2) is 23.8 Å². The topological polar surface area (TPSA) is 174 Å². The maximum Gasteiger partial charge on any atom is 0.190 e. The molecule has 1 saturated heterocycles. The molecule has 0 radical (unpaired) electrons. The van der Waals surface area contributed by atoms with E-state index >= 15 is 0 Å². The first kappa shape index (κ1) is 27.1. The van der Waals surface area contributed by atoms with Gasteiger partial charge in [-0.3, -0.25) is 9.59 Å². The van der Waals surface area contributed by atoms with E-state index in [1.807, 2.05) is 13.0 Å². The molecule has 5 rings (SSSR count). The minimum Gasteiger partial charge on any atom is -0.394 e. The van der Waals surface area contributed by atoms with E-state index in [9.17, 15) is 40.2 Å². The molecule has 37 heavy (non-hydrogen) atoms. The van der Waals surface area contributed by atoms with Crippen molar-refractivity contribution in [2.45, 2.75) is 88.4 Å². The Hall–Kier alpha value is -1.50. The standard InChI is InChI=1S/C27H38O10/c1-25-7-5-14(29)9-13(25)3-4-15-16-6-8-27(35,26(16,2)10-17(30)20(15)25)19(31)12-36-24-23(34)22(33)21(32)18(11-28)37-24/h5,7,9,15-18,20-24,28,30,32-35H,3-4,6,8,10-12H2,1-2H3/t15-,16-,17-,18?,20+,21?,22?,23?,24?,25-,26-,27-/m0/s1. The number of allylic oxidation sites excluding steroid dienone is 4. The van der Waals surface area contributed by atoms with E-state index in [0.29, 0.717) is 6.42 Å². The maximum atomic E-state index is 13.5. The van der Waals surface area contributed by atoms with Gasteiger partial charge in [0.2, 0.25) is 0 Å². The molecule has 5 unspecified atom stereocenters. The number of ketones is 2. The number of aliphatic hydroxyl groups excluding tert-OH is 5. The number of fused-ring (bicyclic) bond motifs is 5. The molecule has 5 aliphatic rings. The predicted molar refractivity (Wildman–Crippen MR) is 128 cm³/mol. The van der Waals surface area contributed by atoms with Crippen LogP contribution in [0.3, 0.4) is 0 Å². The summed E-state index contributed by atoms with van der Waals surface area (Å²) in [5, 5.41) is 62.8. The lowest BCUT2D eigenvalue weighted by Gasteiger charge is -2.59. The second-order valence-electron chi connectivity index (χ2n) is 12.0. The Morgan fingerprint density at radius 1 is 1.14 bits per heavy atom. The first-order chi connectivity index (χ1) is 17.4. The summed E-state index contributed by atoms with van der Waals surface area (Å²) in [6.45, 7) is 2.68. The summed E-state index contributed by atoms with van der Waals surface area (Å²) in [5.74, 6) is -0.738. The van der Waals surface area contributed by atoms with Crippen LogP contribution in [0.25, 0.3) is 0 Å². The van der Waals surface area contributed by atoms with E-state index in [0.717, 1.165) is 18.4 Å². The van der Waals surface area contributed by atoms with E-state index in [4.69, 9.17) is 9.47 Å². The molecular weight excluding hydrogens is 484 g/mol. The molecule has 4 aliphatic carbocycles. The Morgan fingerprint density at radius 3 is 2.57 bits per heavy atom. The number of hydrogen-bond acceptors (Lipinski definition) is 10. The zero-order valence-corrected chi connectivity index (χ0v) is 21.2. The smallest absolute Gasteiger partial charge is 0.190 e. The molecule has 0 aromatic rings. The Balaban J connectivity index is 1.34. The van der Waals surface area contributed by atoms with Crippen LogP contribution >= 0.6 is 0 Å². The molecule has 10 heteroatoms. The van der Waals surface area contributed by atoms with Gasteiger partial charge >= 0.3 is 0 Å². The average molecular weight is 523 g/mol. The van der Waals surface area contributed by atoms with Crippen molar-refractivity contribution in [2.24, 2.45) is 28.6 Å². The fourth-order valence-corrected chi connectivity index (χ4v) is 8.27. The molecule has 1 heterocycles. The summed E-state index contributed by atoms with van der Waals surface area (Å²) in [6.07, 6.45) is -0.603. The molecule has 1 aliphatic heterocycles. The molecule has 0 bridgehead atoms. The van der Waals surface area contributed by atoms with Crippen LogP contribution in [0.5, 0.6) is 0 Å². The van der Waals surface area contributed by atoms with Gasteiger partial charge in [-0.2, -0.15) is 0 Å². The third-order valence-corrected chi connectivity index (χ3v) is 10.3. The van der Waals surface area contributed by atoms with Gasteiger partial charge in [0.05, 0.1) is 12.7 Å². The van der Waals surface area contributed by atoms with Crippen molar-refractivity contribution in [3.05, 3.63) is 23.8 Å². The molecule has 0 aromatic heterocycles. The quantitative estimate of drug-likeness (QED) is 0.273. The van der Waals surface area contributed by atoms with Crippen LogP contribution in [-0.2, 0) is 19.1 Å². The molecule has 3 saturated carbocycles. The average Bonchev–Trinajstić information content (AvgIpc) is 3.13. The van der Waals surface area contributed by atoms with Gasteiger partial charge in [0.15, 0.2) is 17.9 Å². The lowest BCUT2D eigenvalue weighted by molar-refractivity contribution is -0.300. The zero-order chi connectivity index (χ0) is 26.9. The number of Topliss-reactive ketones (excluding diaryl/α,β-unsaturated/α-hetero) is 1. The molecule has 12 atom stereocenters. The van der Waals surface area contributed by atoms with Crippen molar-refractivity contribution in [1.29, 1.82) is 0 Å². The van der Waals surface area contributed by atoms with Gasteiger partial charge in [0, 0.05) is 16.7 Å². The molecule has 6 N–H and O–H groups in total. The van der Waals surface area contributed by atoms with Gasteiger partial charge < -0.3 is 40.1 Å². The minimum absolute atomic E-state index is 0.0217. The highest BCUT2D eigenvalue weighted by Crippen LogP contribution is 2.67. The number of hydrogen-bond donors (Lipinski definition) is 6. The largest absolute Gasteiger partial charge is 0.394 e. The van der Waals surface area contributed by atoms with Crippen LogP contribution in [-0.4, -0.2) is 97.8 Å². The Bertz CT molecular complexity index is 1010. The van der Waals surface area contributed by atoms with E-state index in [2.05, 4.69) is 6.92 Å². The summed E-state index contributed by atoms with van der Waals surface area (Å²) in [6, 6.07) is 0. The molecule has 0 spiro atoms. The van der Waals surface area contributed by atoms with Gasteiger partial charge in [0.1, 0.15) is 36.6 Å². The zero-order valence-electron chi connectivity index (χ0n) is 21.2. The number of aliphatic hydroxyl groups is 6. The molecule has 4 fully saturated rings. The Kier molecular flexibility index (Phi) is 6.81. The van der Waals surface area contributed by atoms with E-state index in [1.165, 1.54) is 0 Å². The van der Waals surface area contributed by atoms with Crippen molar-refractivity contribution >= 4 is 11.6 Å². The summed E-state index contributed by atoms with van der Waals surface area (Å²) in [4.78, 5) is 25.4. The minimum atomic E-state index is -1.77. The second-order valence-corrected chi connectivity index (χ2v) is 12.0. The number of carbonyl (C=O) groups is 2. The number of rotatable bonds is 5. The summed E-state index contributed by atoms with van der Waals surface area (Å²) < 4.78 is 10.8. The molecule has 0 aromatic carbocycles. The van der Waals surface area contributed by atoms with Crippen molar-refractivity contribution < 1.29 is 49.7 Å². The number of carbonyl (C=O) groups excluding carboxylic acids is 2. The van der Waals surface area contributed by atoms with Crippen molar-refractivity contribution in [3.8, 4) is 0 Å². The SMILES string of the molecule is C[C@]12C=CC(=O)C=C1CC[C@@H]1[C@@H]2[C@@H](O)C[C@@]2(C)[C@H]1CC[C@]2(O)C(=O)COC1OC(CO)C(O)C(O)C1O. The highest BCUT2D eigenvalue weighted by atomic mass is 16.7. The fourth-order valence-electron chi connectivity index (χ4n) is 8.27. The summed E-state index contributed by atoms with van der Waals surface area (Å²) in [5.41, 5.74) is -2.10. The lowest BCUT2D eigenvalue weighted by Crippen LogP contribution is -2.62. The van der Waals surface area contributed by atoms with Gasteiger partial charge in [-0.25, -0.2) is 0 Å². The summed E-state index contributed by atoms with van der Waals surface area (Å²) >= 11 is 0. The van der Waals surface area contributed by atoms with Gasteiger partial charge in [-0.15, -0.1) is 0 Å². The van der Waals surface area contributed by atoms with Crippen LogP contribution in [0.1, 0.15) is 46.0 Å². The maximum absolute atomic E-state index is 13.5. The molecular formula is C27H38O10. The van der Waals surface area contributed by atoms with Crippen LogP contribution in [0, 0.1) is 28.6 Å². The van der Waals surface area contributed by atoms with Crippen molar-refractivity contribution in [2.75, 3.05) is 13.2 Å². The fraction of sp³-hybridized carbons (Fsp3) is 0.778. The van der Waals surface area contributed by atoms with Crippen LogP contribution < -0.4 is 0 Å². The van der Waals surface area contributed by atoms with Gasteiger partial charge in [-0.1, -0.05) is 25.5 Å². The first-order valence-electron chi connectivity index (χ1n) is 13.2. The van der Waals surface area contributed by atoms with Gasteiger partial charge in [0.25, 0.3) is 0 Å². The van der Waals surface area contributed by atoms with E-state index < -0.39 is 72.2 Å². The highest BCUT2D eigenvalue weighted by Gasteiger charge is 2.68. The van der Waals surface area contributed by atoms with E-state index in [1.54, 1.807) is 12.2 Å². The molecule has 10 nitrogen and oxygen atoms in total. The third kappa shape index (κ3) is 3.91. The Labute approximate surface area is 215 Å². The first-order valence-corrected chi connectivity index (χ1v) is 13.2. The lowest BCUT2D eigenvalue weighted by atomic mass is 9.46. The number of ether oxygens (including phenoxy) is 2. The third-order valence-electron chi connectivity index (χ3n) is 10.3. The molecule has 0 amide bonds. The van der Waals surface area contributed by atoms with Gasteiger partial charge in [-0.05, 0) is 56.1 Å². The van der Waals surface area contributed by atoms with Crippen LogP contribution in [0.4, 0.5) is 0 Å². The predicted octanol–water partition coefficient (Wildman–Crippen LogP) is -0.618. The second kappa shape index (κ2) is 9.31. The van der Waals surface area contributed by atoms with Crippen LogP contribution in [0.2, 0.25) is 0 Å². The molecule has 206 valence electrons. The Morgan fingerprint density at radius 2 is 1.86 bits per heavy atom. The summed E-state index contributed by atoms with van der Waals surface area (Å²) in [7, 11) is 0. The van der Waals surface area contributed by atoms with Crippen molar-refractivity contribution in [1.82, 2.24) is 0 Å². The van der Waals surface area contributed by atoms with E-state index in [-0.39, 0.29) is 36.4 Å².